The Bertz CT molecular complexity index is 878. The summed E-state index contributed by atoms with van der Waals surface area (Å²) >= 11 is 0. The highest BCUT2D eigenvalue weighted by Crippen LogP contribution is 2.47. The molecule has 0 aromatic rings. The Kier molecular flexibility index (Phi) is 14.7. The van der Waals surface area contributed by atoms with Gasteiger partial charge in [0, 0.05) is 32.2 Å². The minimum atomic E-state index is -4.58. The normalized spacial score (nSPS) is 36.8. The molecule has 16 nitrogen and oxygen atoms in total. The van der Waals surface area contributed by atoms with Crippen LogP contribution in [0.1, 0.15) is 0 Å². The van der Waals surface area contributed by atoms with E-state index in [1.54, 1.807) is 0 Å². The van der Waals surface area contributed by atoms with Gasteiger partial charge in [-0.1, -0.05) is 0 Å². The van der Waals surface area contributed by atoms with Crippen LogP contribution in [0.2, 0.25) is 0 Å². The van der Waals surface area contributed by atoms with E-state index in [1.807, 2.05) is 0 Å². The SMILES string of the molecule is [B][C@@H]1OCC(OC)[C@@H]1OCCOP(=O)(O)OC1CO[C@@H]([B])[C@H]1OCCOP(=O)(O)OC1CO[C@@H]([B])[C@H]1OCCOC. The summed E-state index contributed by atoms with van der Waals surface area (Å²) in [5.74, 6) is 0. The van der Waals surface area contributed by atoms with Crippen molar-refractivity contribution in [3.05, 3.63) is 0 Å². The zero-order valence-electron chi connectivity index (χ0n) is 22.8. The van der Waals surface area contributed by atoms with E-state index in [0.717, 1.165) is 0 Å². The summed E-state index contributed by atoms with van der Waals surface area (Å²) < 4.78 is 87.6. The molecule has 230 valence electrons. The molecule has 0 bridgehead atoms. The standard InChI is InChI=1S/C20H35B3O16P2/c1-28-3-4-30-16-13(10-34-19(16)22)38-41(26,27)37-8-6-32-17-14(11-35-20(17)23)39-40(24,25)36-7-5-31-15-12(29-2)9-33-18(15)21/h12-20H,3-11H2,1-2H3,(H,24,25)(H,26,27)/t12?,13?,14?,15-,16-,17-,18+,19+,20+/m0/s1. The molecule has 0 aromatic heterocycles. The lowest BCUT2D eigenvalue weighted by Gasteiger charge is -2.25. The third-order valence-corrected chi connectivity index (χ3v) is 8.26. The molecular formula is C20H35B3O16P2. The summed E-state index contributed by atoms with van der Waals surface area (Å²) in [5, 5.41) is 0. The molecular weight excluding hydrogens is 591 g/mol. The molecule has 3 aliphatic heterocycles. The van der Waals surface area contributed by atoms with Crippen molar-refractivity contribution < 1.29 is 74.9 Å². The molecule has 21 heteroatoms. The minimum Gasteiger partial charge on any atom is -0.382 e. The zero-order valence-corrected chi connectivity index (χ0v) is 24.6. The van der Waals surface area contributed by atoms with Gasteiger partial charge in [0.1, 0.15) is 60.2 Å². The Labute approximate surface area is 242 Å². The highest BCUT2D eigenvalue weighted by atomic mass is 31.2. The molecule has 0 aromatic carbocycles. The van der Waals surface area contributed by atoms with Gasteiger partial charge in [-0.25, -0.2) is 9.13 Å². The summed E-state index contributed by atoms with van der Waals surface area (Å²) in [7, 11) is 11.3. The average Bonchev–Trinajstić information content (AvgIpc) is 3.56. The van der Waals surface area contributed by atoms with Crippen LogP contribution in [0.15, 0.2) is 0 Å². The first kappa shape index (κ1) is 35.6. The van der Waals surface area contributed by atoms with E-state index in [1.165, 1.54) is 14.2 Å². The molecule has 0 saturated carbocycles. The fraction of sp³-hybridized carbons (Fsp3) is 1.00. The van der Waals surface area contributed by atoms with Crippen molar-refractivity contribution in [1.82, 2.24) is 0 Å². The third-order valence-electron chi connectivity index (χ3n) is 6.16. The van der Waals surface area contributed by atoms with Crippen LogP contribution in [0.25, 0.3) is 0 Å². The number of ether oxygens (including phenoxy) is 8. The molecule has 0 amide bonds. The molecule has 0 aliphatic carbocycles. The Morgan fingerprint density at radius 1 is 0.634 bits per heavy atom. The first-order valence-electron chi connectivity index (χ1n) is 12.8. The lowest BCUT2D eigenvalue weighted by Crippen LogP contribution is -2.36. The van der Waals surface area contributed by atoms with Crippen LogP contribution in [-0.2, 0) is 65.1 Å². The minimum absolute atomic E-state index is 0.0812. The van der Waals surface area contributed by atoms with Gasteiger partial charge in [0.15, 0.2) is 0 Å². The molecule has 3 rings (SSSR count). The van der Waals surface area contributed by atoms with Crippen molar-refractivity contribution in [2.45, 2.75) is 54.6 Å². The second-order valence-electron chi connectivity index (χ2n) is 9.06. The van der Waals surface area contributed by atoms with Gasteiger partial charge >= 0.3 is 15.6 Å². The van der Waals surface area contributed by atoms with Crippen LogP contribution in [0.3, 0.4) is 0 Å². The number of methoxy groups -OCH3 is 2. The predicted molar refractivity (Wildman–Crippen MR) is 140 cm³/mol. The quantitative estimate of drug-likeness (QED) is 0.0947. The molecule has 5 unspecified atom stereocenters. The number of phosphoric ester groups is 2. The van der Waals surface area contributed by atoms with Crippen molar-refractivity contribution in [2.24, 2.45) is 0 Å². The molecule has 3 aliphatic rings. The highest BCUT2D eigenvalue weighted by molar-refractivity contribution is 7.47. The third kappa shape index (κ3) is 11.2. The Balaban J connectivity index is 1.37. The lowest BCUT2D eigenvalue weighted by molar-refractivity contribution is -0.0516. The van der Waals surface area contributed by atoms with E-state index in [2.05, 4.69) is 0 Å². The smallest absolute Gasteiger partial charge is 0.382 e. The van der Waals surface area contributed by atoms with Gasteiger partial charge in [-0.2, -0.15) is 0 Å². The van der Waals surface area contributed by atoms with Gasteiger partial charge in [-0.3, -0.25) is 18.1 Å². The van der Waals surface area contributed by atoms with Crippen LogP contribution in [0.5, 0.6) is 0 Å². The Hall–Kier alpha value is 0.0948. The van der Waals surface area contributed by atoms with E-state index < -0.39 is 70.8 Å². The van der Waals surface area contributed by atoms with E-state index >= 15 is 0 Å². The number of hydrogen-bond donors (Lipinski definition) is 2. The van der Waals surface area contributed by atoms with Crippen molar-refractivity contribution in [1.29, 1.82) is 0 Å². The summed E-state index contributed by atoms with van der Waals surface area (Å²) in [6.45, 7) is -0.589. The summed E-state index contributed by atoms with van der Waals surface area (Å²) in [5.41, 5.74) is 0. The monoisotopic (exact) mass is 626 g/mol. The molecule has 3 fully saturated rings. The first-order valence-corrected chi connectivity index (χ1v) is 15.7. The first-order chi connectivity index (χ1) is 19.5. The fourth-order valence-corrected chi connectivity index (χ4v) is 5.93. The summed E-state index contributed by atoms with van der Waals surface area (Å²) in [6, 6.07) is -2.57. The maximum atomic E-state index is 12.4. The maximum absolute atomic E-state index is 12.4. The van der Waals surface area contributed by atoms with E-state index in [9.17, 15) is 18.9 Å². The second-order valence-corrected chi connectivity index (χ2v) is 11.9. The predicted octanol–water partition coefficient (Wildman–Crippen LogP) is -1.62. The van der Waals surface area contributed by atoms with Gasteiger partial charge in [0.05, 0.1) is 59.5 Å². The number of hydrogen-bond acceptors (Lipinski definition) is 14. The topological polar surface area (TPSA) is 185 Å². The van der Waals surface area contributed by atoms with Crippen molar-refractivity contribution in [3.63, 3.8) is 0 Å². The second kappa shape index (κ2) is 17.0. The molecule has 0 spiro atoms. The number of phosphoric acid groups is 2. The van der Waals surface area contributed by atoms with Gasteiger partial charge in [-0.05, 0) is 0 Å². The van der Waals surface area contributed by atoms with Crippen LogP contribution in [0, 0.1) is 0 Å². The van der Waals surface area contributed by atoms with E-state index in [0.29, 0.717) is 0 Å². The van der Waals surface area contributed by atoms with Crippen LogP contribution < -0.4 is 0 Å². The van der Waals surface area contributed by atoms with Crippen LogP contribution in [-0.4, -0.2) is 162 Å². The van der Waals surface area contributed by atoms with Gasteiger partial charge < -0.3 is 47.7 Å². The highest BCUT2D eigenvalue weighted by Gasteiger charge is 2.42. The largest absolute Gasteiger partial charge is 0.472 e. The fourth-order valence-electron chi connectivity index (χ4n) is 4.16. The molecule has 41 heavy (non-hydrogen) atoms. The zero-order chi connectivity index (χ0) is 30.0. The Morgan fingerprint density at radius 2 is 1.00 bits per heavy atom. The molecule has 3 heterocycles. The molecule has 6 radical (unpaired) electrons. The van der Waals surface area contributed by atoms with Crippen LogP contribution in [0.4, 0.5) is 0 Å². The summed E-state index contributed by atoms with van der Waals surface area (Å²) in [4.78, 5) is 20.2. The molecule has 3 saturated heterocycles. The Morgan fingerprint density at radius 3 is 1.39 bits per heavy atom. The maximum Gasteiger partial charge on any atom is 0.472 e. The summed E-state index contributed by atoms with van der Waals surface area (Å²) in [6.07, 6.45) is -4.81. The van der Waals surface area contributed by atoms with Gasteiger partial charge in [0.25, 0.3) is 0 Å². The van der Waals surface area contributed by atoms with Crippen molar-refractivity contribution in [2.75, 3.05) is 73.7 Å². The molecule has 11 atom stereocenters. The van der Waals surface area contributed by atoms with E-state index in [-0.39, 0.29) is 59.0 Å². The average molecular weight is 626 g/mol. The van der Waals surface area contributed by atoms with E-state index in [4.69, 9.17) is 79.5 Å². The number of rotatable bonds is 19. The van der Waals surface area contributed by atoms with Crippen LogP contribution >= 0.6 is 15.6 Å². The lowest BCUT2D eigenvalue weighted by atomic mass is 9.93. The molecule has 2 N–H and O–H groups in total. The van der Waals surface area contributed by atoms with Gasteiger partial charge in [-0.15, -0.1) is 0 Å². The van der Waals surface area contributed by atoms with Crippen molar-refractivity contribution in [3.8, 4) is 0 Å². The van der Waals surface area contributed by atoms with Gasteiger partial charge in [0.2, 0.25) is 0 Å². The van der Waals surface area contributed by atoms with Crippen molar-refractivity contribution >= 4 is 39.2 Å².